The lowest BCUT2D eigenvalue weighted by Gasteiger charge is -2.12. The van der Waals surface area contributed by atoms with Crippen molar-refractivity contribution in [2.24, 2.45) is 5.92 Å². The molecule has 0 aliphatic carbocycles. The first-order valence-corrected chi connectivity index (χ1v) is 6.37. The summed E-state index contributed by atoms with van der Waals surface area (Å²) < 4.78 is 12.6. The lowest BCUT2D eigenvalue weighted by atomic mass is 10.0. The van der Waals surface area contributed by atoms with Crippen LogP contribution in [0.2, 0.25) is 0 Å². The van der Waals surface area contributed by atoms with Crippen LogP contribution in [0.5, 0.6) is 0 Å². The lowest BCUT2D eigenvalue weighted by Crippen LogP contribution is -2.12. The Bertz CT molecular complexity index is 194. The summed E-state index contributed by atoms with van der Waals surface area (Å²) in [5.41, 5.74) is -0.876. The number of hydrogen-bond donors (Lipinski definition) is 0. The maximum Gasteiger partial charge on any atom is 0.129 e. The predicted molar refractivity (Wildman–Crippen MR) is 86.8 cm³/mol. The van der Waals surface area contributed by atoms with E-state index in [1.807, 2.05) is 19.9 Å². The van der Waals surface area contributed by atoms with Crippen LogP contribution in [-0.2, 0) is 0 Å². The maximum absolute atomic E-state index is 12.6. The van der Waals surface area contributed by atoms with Crippen molar-refractivity contribution in [3.63, 3.8) is 0 Å². The largest absolute Gasteiger partial charge is 0.239 e. The van der Waals surface area contributed by atoms with Gasteiger partial charge in [-0.15, -0.1) is 19.7 Å². The minimum atomic E-state index is -1.30. The second-order valence-electron chi connectivity index (χ2n) is 4.12. The molecule has 1 heteroatoms. The van der Waals surface area contributed by atoms with E-state index in [2.05, 4.69) is 46.7 Å². The van der Waals surface area contributed by atoms with Gasteiger partial charge in [0.2, 0.25) is 0 Å². The van der Waals surface area contributed by atoms with Gasteiger partial charge in [-0.05, 0) is 31.8 Å². The minimum absolute atomic E-state index is 0.428. The molecule has 0 N–H and O–H groups in total. The lowest BCUT2D eigenvalue weighted by molar-refractivity contribution is 0.275. The monoisotopic (exact) mass is 256 g/mol. The molecule has 0 spiro atoms. The summed E-state index contributed by atoms with van der Waals surface area (Å²) in [7, 11) is 0. The van der Waals surface area contributed by atoms with Crippen LogP contribution in [0.15, 0.2) is 50.6 Å². The maximum atomic E-state index is 12.6. The third-order valence-electron chi connectivity index (χ3n) is 1.65. The van der Waals surface area contributed by atoms with Gasteiger partial charge in [0.15, 0.2) is 0 Å². The van der Waals surface area contributed by atoms with Crippen molar-refractivity contribution in [3.05, 3.63) is 50.6 Å². The summed E-state index contributed by atoms with van der Waals surface area (Å²) in [4.78, 5) is 0. The molecule has 0 fully saturated rings. The Kier molecular flexibility index (Phi) is 26.0. The molecule has 108 valence electrons. The number of alkyl halides is 1. The van der Waals surface area contributed by atoms with Gasteiger partial charge in [0.1, 0.15) is 5.67 Å². The molecule has 0 aromatic carbocycles. The molecule has 0 bridgehead atoms. The van der Waals surface area contributed by atoms with E-state index in [0.29, 0.717) is 5.57 Å². The van der Waals surface area contributed by atoms with Crippen molar-refractivity contribution in [1.82, 2.24) is 0 Å². The summed E-state index contributed by atoms with van der Waals surface area (Å²) in [6.45, 7) is 27.7. The van der Waals surface area contributed by atoms with Crippen molar-refractivity contribution in [2.45, 2.75) is 53.6 Å². The quantitative estimate of drug-likeness (QED) is 0.396. The molecule has 0 saturated heterocycles. The van der Waals surface area contributed by atoms with E-state index in [1.165, 1.54) is 19.9 Å². The molecule has 0 atom stereocenters. The van der Waals surface area contributed by atoms with Crippen LogP contribution in [0.4, 0.5) is 4.39 Å². The van der Waals surface area contributed by atoms with Gasteiger partial charge in [0, 0.05) is 0 Å². The fourth-order valence-electron chi connectivity index (χ4n) is 0.576. The van der Waals surface area contributed by atoms with Gasteiger partial charge in [-0.25, -0.2) is 4.39 Å². The Morgan fingerprint density at radius 3 is 1.50 bits per heavy atom. The van der Waals surface area contributed by atoms with Crippen LogP contribution in [0, 0.1) is 5.92 Å². The number of rotatable bonds is 4. The highest BCUT2D eigenvalue weighted by molar-refractivity contribution is 5.20. The molecule has 0 amide bonds. The Morgan fingerprint density at radius 1 is 1.17 bits per heavy atom. The summed E-state index contributed by atoms with van der Waals surface area (Å²) in [6.07, 6.45) is 4.52. The van der Waals surface area contributed by atoms with Crippen LogP contribution >= 0.6 is 0 Å². The zero-order valence-corrected chi connectivity index (χ0v) is 13.4. The molecule has 0 heterocycles. The van der Waals surface area contributed by atoms with Crippen molar-refractivity contribution in [2.75, 3.05) is 0 Å². The van der Waals surface area contributed by atoms with Crippen molar-refractivity contribution in [1.29, 1.82) is 0 Å². The van der Waals surface area contributed by atoms with Crippen molar-refractivity contribution < 1.29 is 4.39 Å². The zero-order valence-electron chi connectivity index (χ0n) is 13.4. The van der Waals surface area contributed by atoms with E-state index in [9.17, 15) is 4.39 Å². The molecule has 0 aromatic heterocycles. The fourth-order valence-corrected chi connectivity index (χ4v) is 0.576. The summed E-state index contributed by atoms with van der Waals surface area (Å²) in [5.74, 6) is 0.780. The Balaban J connectivity index is -0.0000000869. The van der Waals surface area contributed by atoms with Gasteiger partial charge in [-0.1, -0.05) is 53.0 Å². The Morgan fingerprint density at radius 2 is 1.50 bits per heavy atom. The van der Waals surface area contributed by atoms with Gasteiger partial charge in [-0.2, -0.15) is 0 Å². The normalized spacial score (nSPS) is 8.44. The second kappa shape index (κ2) is 18.3. The molecule has 0 radical (unpaired) electrons. The number of allylic oxidation sites excluding steroid dienone is 3. The Labute approximate surface area is 115 Å². The Hall–Kier alpha value is -1.11. The minimum Gasteiger partial charge on any atom is -0.239 e. The highest BCUT2D eigenvalue weighted by Gasteiger charge is 2.16. The van der Waals surface area contributed by atoms with Crippen LogP contribution in [0.25, 0.3) is 0 Å². The van der Waals surface area contributed by atoms with Crippen molar-refractivity contribution in [3.8, 4) is 0 Å². The van der Waals surface area contributed by atoms with E-state index in [-0.39, 0.29) is 0 Å². The topological polar surface area (TPSA) is 0 Å². The number of hydrogen-bond acceptors (Lipinski definition) is 0. The summed E-state index contributed by atoms with van der Waals surface area (Å²) in [5, 5.41) is 0. The van der Waals surface area contributed by atoms with Crippen LogP contribution in [0.3, 0.4) is 0 Å². The zero-order chi connectivity index (χ0) is 15.8. The molecule has 0 aliphatic heterocycles. The molecule has 0 aromatic rings. The first-order chi connectivity index (χ1) is 8.25. The van der Waals surface area contributed by atoms with E-state index in [0.717, 1.165) is 12.3 Å². The molecular formula is C17H33F. The van der Waals surface area contributed by atoms with Gasteiger partial charge < -0.3 is 0 Å². The predicted octanol–water partition coefficient (Wildman–Crippen LogP) is 6.52. The van der Waals surface area contributed by atoms with Gasteiger partial charge in [0.05, 0.1) is 0 Å². The first-order valence-electron chi connectivity index (χ1n) is 6.37. The third-order valence-corrected chi connectivity index (χ3v) is 1.65. The molecule has 0 unspecified atom stereocenters. The first kappa shape index (κ1) is 25.7. The van der Waals surface area contributed by atoms with Gasteiger partial charge >= 0.3 is 0 Å². The van der Waals surface area contributed by atoms with E-state index in [4.69, 9.17) is 0 Å². The molecule has 0 saturated carbocycles. The average molecular weight is 256 g/mol. The van der Waals surface area contributed by atoms with Crippen LogP contribution in [0.1, 0.15) is 48.0 Å². The molecule has 0 nitrogen and oxygen atoms in total. The van der Waals surface area contributed by atoms with E-state index >= 15 is 0 Å². The van der Waals surface area contributed by atoms with Gasteiger partial charge in [0.25, 0.3) is 0 Å². The van der Waals surface area contributed by atoms with Crippen LogP contribution in [-0.4, -0.2) is 5.67 Å². The van der Waals surface area contributed by atoms with E-state index in [1.54, 1.807) is 0 Å². The van der Waals surface area contributed by atoms with Crippen molar-refractivity contribution >= 4 is 0 Å². The molecule has 0 rings (SSSR count). The second-order valence-corrected chi connectivity index (χ2v) is 4.12. The highest BCUT2D eigenvalue weighted by Crippen LogP contribution is 2.18. The standard InChI is InChI=1S/C7H11F.C6H12.C2H6.C2H4/c1-5-6(2)7(3,4)8;1-4-5-6(2)3;2*1-2/h5H,1-2H2,3-4H3;4,6H,1,5H2,2-3H3;1-2H3;1-2H2. The summed E-state index contributed by atoms with van der Waals surface area (Å²) in [6, 6.07) is 0. The average Bonchev–Trinajstić information content (AvgIpc) is 2.32. The fraction of sp³-hybridized carbons (Fsp3) is 0.529. The third kappa shape index (κ3) is 29.4. The van der Waals surface area contributed by atoms with Crippen LogP contribution < -0.4 is 0 Å². The smallest absolute Gasteiger partial charge is 0.129 e. The SMILES string of the molecule is C=C.C=CC(=C)C(C)(C)F.C=CCC(C)C.CC. The van der Waals surface area contributed by atoms with E-state index < -0.39 is 5.67 Å². The number of halogens is 1. The molecule has 0 aliphatic rings. The van der Waals surface area contributed by atoms with Gasteiger partial charge in [-0.3, -0.25) is 0 Å². The molecule has 18 heavy (non-hydrogen) atoms. The highest BCUT2D eigenvalue weighted by atomic mass is 19.1. The summed E-state index contributed by atoms with van der Waals surface area (Å²) >= 11 is 0. The molecular weight excluding hydrogens is 223 g/mol.